The van der Waals surface area contributed by atoms with E-state index in [4.69, 9.17) is 0 Å². The smallest absolute Gasteiger partial charge is 0.333 e. The lowest BCUT2D eigenvalue weighted by atomic mass is 10.1. The summed E-state index contributed by atoms with van der Waals surface area (Å²) >= 11 is 3.37. The van der Waals surface area contributed by atoms with Crippen LogP contribution in [-0.4, -0.2) is 25.0 Å². The number of benzene rings is 1. The number of aryl methyl sites for hydroxylation is 1. The van der Waals surface area contributed by atoms with Crippen LogP contribution in [0.1, 0.15) is 5.56 Å². The SMILES string of the molecule is Cc1ccc(Br)cc1N1CC(=O)OC(=O)C1. The van der Waals surface area contributed by atoms with Gasteiger partial charge in [-0.2, -0.15) is 0 Å². The van der Waals surface area contributed by atoms with Crippen LogP contribution < -0.4 is 4.90 Å². The number of anilines is 1. The molecule has 0 amide bonds. The lowest BCUT2D eigenvalue weighted by molar-refractivity contribution is -0.160. The summed E-state index contributed by atoms with van der Waals surface area (Å²) in [5.74, 6) is -1.01. The number of hydrogen-bond donors (Lipinski definition) is 0. The third-order valence-corrected chi connectivity index (χ3v) is 2.87. The van der Waals surface area contributed by atoms with Crippen LogP contribution in [0.5, 0.6) is 0 Å². The minimum absolute atomic E-state index is 0.114. The largest absolute Gasteiger partial charge is 0.390 e. The molecule has 0 aliphatic carbocycles. The Balaban J connectivity index is 2.32. The first-order chi connectivity index (χ1) is 7.56. The summed E-state index contributed by atoms with van der Waals surface area (Å²) in [4.78, 5) is 24.0. The van der Waals surface area contributed by atoms with Gasteiger partial charge in [0, 0.05) is 10.2 Å². The number of cyclic esters (lactones) is 2. The van der Waals surface area contributed by atoms with Crippen molar-refractivity contribution in [3.05, 3.63) is 28.2 Å². The van der Waals surface area contributed by atoms with Crippen molar-refractivity contribution in [2.45, 2.75) is 6.92 Å². The van der Waals surface area contributed by atoms with Gasteiger partial charge in [-0.25, -0.2) is 9.59 Å². The number of nitrogens with zero attached hydrogens (tertiary/aromatic N) is 1. The maximum Gasteiger partial charge on any atom is 0.333 e. The van der Waals surface area contributed by atoms with E-state index in [0.717, 1.165) is 15.7 Å². The first kappa shape index (κ1) is 11.1. The number of ether oxygens (including phenoxy) is 1. The molecule has 0 N–H and O–H groups in total. The van der Waals surface area contributed by atoms with E-state index in [0.29, 0.717) is 0 Å². The number of morpholine rings is 1. The van der Waals surface area contributed by atoms with Crippen molar-refractivity contribution in [1.82, 2.24) is 0 Å². The summed E-state index contributed by atoms with van der Waals surface area (Å²) in [5, 5.41) is 0. The molecule has 0 spiro atoms. The molecular weight excluding hydrogens is 274 g/mol. The van der Waals surface area contributed by atoms with Crippen LogP contribution >= 0.6 is 15.9 Å². The van der Waals surface area contributed by atoms with Gasteiger partial charge in [0.05, 0.1) is 0 Å². The van der Waals surface area contributed by atoms with Crippen molar-refractivity contribution in [2.24, 2.45) is 0 Å². The maximum atomic E-state index is 11.2. The molecule has 84 valence electrons. The quantitative estimate of drug-likeness (QED) is 0.581. The van der Waals surface area contributed by atoms with Crippen LogP contribution in [0.25, 0.3) is 0 Å². The van der Waals surface area contributed by atoms with E-state index >= 15 is 0 Å². The average molecular weight is 284 g/mol. The van der Waals surface area contributed by atoms with Crippen LogP contribution in [0, 0.1) is 6.92 Å². The van der Waals surface area contributed by atoms with E-state index in [2.05, 4.69) is 20.7 Å². The van der Waals surface area contributed by atoms with Crippen molar-refractivity contribution >= 4 is 33.6 Å². The summed E-state index contributed by atoms with van der Waals surface area (Å²) in [6, 6.07) is 5.74. The summed E-state index contributed by atoms with van der Waals surface area (Å²) in [6.07, 6.45) is 0. The second-order valence-corrected chi connectivity index (χ2v) is 4.55. The third-order valence-electron chi connectivity index (χ3n) is 2.38. The normalized spacial score (nSPS) is 16.2. The van der Waals surface area contributed by atoms with Crippen molar-refractivity contribution in [3.8, 4) is 0 Å². The molecule has 0 atom stereocenters. The van der Waals surface area contributed by atoms with Crippen LogP contribution in [0.3, 0.4) is 0 Å². The molecule has 2 rings (SSSR count). The first-order valence-electron chi connectivity index (χ1n) is 4.81. The number of halogens is 1. The van der Waals surface area contributed by atoms with Gasteiger partial charge < -0.3 is 9.64 Å². The average Bonchev–Trinajstić information content (AvgIpc) is 2.20. The lowest BCUT2D eigenvalue weighted by Gasteiger charge is -2.27. The molecule has 1 heterocycles. The molecule has 0 unspecified atom stereocenters. The molecule has 0 bridgehead atoms. The van der Waals surface area contributed by atoms with Gasteiger partial charge in [0.2, 0.25) is 0 Å². The second-order valence-electron chi connectivity index (χ2n) is 3.63. The molecule has 1 fully saturated rings. The summed E-state index contributed by atoms with van der Waals surface area (Å²) in [7, 11) is 0. The molecule has 16 heavy (non-hydrogen) atoms. The lowest BCUT2D eigenvalue weighted by Crippen LogP contribution is -2.43. The molecular formula is C11H10BrNO3. The molecule has 0 aromatic heterocycles. The Morgan fingerprint density at radius 1 is 1.25 bits per heavy atom. The Morgan fingerprint density at radius 2 is 1.88 bits per heavy atom. The predicted molar refractivity (Wildman–Crippen MR) is 62.2 cm³/mol. The van der Waals surface area contributed by atoms with Crippen LogP contribution in [0.4, 0.5) is 5.69 Å². The van der Waals surface area contributed by atoms with E-state index in [1.54, 1.807) is 4.90 Å². The van der Waals surface area contributed by atoms with Gasteiger partial charge in [-0.1, -0.05) is 22.0 Å². The minimum Gasteiger partial charge on any atom is -0.390 e. The number of hydrogen-bond acceptors (Lipinski definition) is 4. The summed E-state index contributed by atoms with van der Waals surface area (Å²) in [5.41, 5.74) is 1.89. The molecule has 0 saturated carbocycles. The predicted octanol–water partition coefficient (Wildman–Crippen LogP) is 1.65. The summed E-state index contributed by atoms with van der Waals surface area (Å²) < 4.78 is 5.39. The highest BCUT2D eigenvalue weighted by Gasteiger charge is 2.25. The van der Waals surface area contributed by atoms with E-state index in [1.165, 1.54) is 0 Å². The molecule has 1 aromatic carbocycles. The van der Waals surface area contributed by atoms with Crippen molar-refractivity contribution in [1.29, 1.82) is 0 Å². The van der Waals surface area contributed by atoms with Gasteiger partial charge in [0.15, 0.2) is 0 Å². The Labute approximate surface area is 101 Å². The monoisotopic (exact) mass is 283 g/mol. The maximum absolute atomic E-state index is 11.2. The first-order valence-corrected chi connectivity index (χ1v) is 5.60. The van der Waals surface area contributed by atoms with Crippen molar-refractivity contribution < 1.29 is 14.3 Å². The molecule has 4 nitrogen and oxygen atoms in total. The van der Waals surface area contributed by atoms with Crippen molar-refractivity contribution in [3.63, 3.8) is 0 Å². The molecule has 1 aliphatic heterocycles. The second kappa shape index (κ2) is 4.25. The fraction of sp³-hybridized carbons (Fsp3) is 0.273. The Bertz CT molecular complexity index is 443. The van der Waals surface area contributed by atoms with Crippen LogP contribution in [0.2, 0.25) is 0 Å². The van der Waals surface area contributed by atoms with Crippen molar-refractivity contribution in [2.75, 3.05) is 18.0 Å². The minimum atomic E-state index is -0.504. The third kappa shape index (κ3) is 2.24. The Morgan fingerprint density at radius 3 is 2.50 bits per heavy atom. The molecule has 0 radical (unpaired) electrons. The van der Waals surface area contributed by atoms with E-state index in [9.17, 15) is 9.59 Å². The zero-order valence-corrected chi connectivity index (χ0v) is 10.3. The fourth-order valence-corrected chi connectivity index (χ4v) is 2.00. The van der Waals surface area contributed by atoms with Crippen LogP contribution in [-0.2, 0) is 14.3 Å². The fourth-order valence-electron chi connectivity index (χ4n) is 1.65. The van der Waals surface area contributed by atoms with E-state index < -0.39 is 11.9 Å². The highest BCUT2D eigenvalue weighted by molar-refractivity contribution is 9.10. The van der Waals surface area contributed by atoms with Crippen LogP contribution in [0.15, 0.2) is 22.7 Å². The Hall–Kier alpha value is -1.36. The van der Waals surface area contributed by atoms with Gasteiger partial charge in [-0.05, 0) is 24.6 Å². The number of esters is 2. The number of carbonyl (C=O) groups excluding carboxylic acids is 2. The van der Waals surface area contributed by atoms with Gasteiger partial charge in [0.25, 0.3) is 0 Å². The number of carbonyl (C=O) groups is 2. The highest BCUT2D eigenvalue weighted by atomic mass is 79.9. The van der Waals surface area contributed by atoms with Gasteiger partial charge in [0.1, 0.15) is 13.1 Å². The van der Waals surface area contributed by atoms with Gasteiger partial charge in [-0.3, -0.25) is 0 Å². The Kier molecular flexibility index (Phi) is 2.96. The van der Waals surface area contributed by atoms with E-state index in [-0.39, 0.29) is 13.1 Å². The molecule has 1 saturated heterocycles. The van der Waals surface area contributed by atoms with E-state index in [1.807, 2.05) is 25.1 Å². The molecule has 1 aromatic rings. The zero-order valence-electron chi connectivity index (χ0n) is 8.70. The number of rotatable bonds is 1. The zero-order chi connectivity index (χ0) is 11.7. The topological polar surface area (TPSA) is 46.6 Å². The highest BCUT2D eigenvalue weighted by Crippen LogP contribution is 2.25. The van der Waals surface area contributed by atoms with Gasteiger partial charge in [-0.15, -0.1) is 0 Å². The van der Waals surface area contributed by atoms with Gasteiger partial charge >= 0.3 is 11.9 Å². The summed E-state index contributed by atoms with van der Waals surface area (Å²) in [6.45, 7) is 2.16. The molecule has 1 aliphatic rings. The molecule has 5 heteroatoms. The standard InChI is InChI=1S/C11H10BrNO3/c1-7-2-3-8(12)4-9(7)13-5-10(14)16-11(15)6-13/h2-4H,5-6H2,1H3.